The highest BCUT2D eigenvalue weighted by Crippen LogP contribution is 2.39. The Balaban J connectivity index is 1.33. The van der Waals surface area contributed by atoms with Gasteiger partial charge in [-0.2, -0.15) is 5.10 Å². The predicted molar refractivity (Wildman–Crippen MR) is 213 cm³/mol. The average molecular weight is 675 g/mol. The summed E-state index contributed by atoms with van der Waals surface area (Å²) in [6, 6.07) is 34.7. The number of hydrogen-bond acceptors (Lipinski definition) is 3. The first-order valence-corrected chi connectivity index (χ1v) is 18.5. The van der Waals surface area contributed by atoms with Gasteiger partial charge >= 0.3 is 0 Å². The van der Waals surface area contributed by atoms with Crippen LogP contribution in [0.4, 0.5) is 0 Å². The lowest BCUT2D eigenvalue weighted by Crippen LogP contribution is -2.12. The minimum absolute atomic E-state index is 0.0922. The maximum atomic E-state index is 6.80. The average Bonchev–Trinajstić information content (AvgIpc) is 3.60. The zero-order valence-corrected chi connectivity index (χ0v) is 31.4. The van der Waals surface area contributed by atoms with Crippen LogP contribution in [0.1, 0.15) is 94.3 Å². The fraction of sp³-hybridized carbons (Fsp3) is 0.304. The van der Waals surface area contributed by atoms with E-state index in [9.17, 15) is 0 Å². The molecule has 0 radical (unpaired) electrons. The van der Waals surface area contributed by atoms with Crippen LogP contribution in [0.2, 0.25) is 0 Å². The van der Waals surface area contributed by atoms with Gasteiger partial charge in [0, 0.05) is 40.4 Å². The molecule has 0 bridgehead atoms. The molecule has 0 spiro atoms. The maximum absolute atomic E-state index is 6.80. The Labute approximate surface area is 302 Å². The van der Waals surface area contributed by atoms with Crippen molar-refractivity contribution in [1.29, 1.82) is 0 Å². The molecule has 0 saturated carbocycles. The Morgan fingerprint density at radius 1 is 0.765 bits per heavy atom. The third-order valence-electron chi connectivity index (χ3n) is 10.3. The van der Waals surface area contributed by atoms with E-state index in [1.807, 2.05) is 12.3 Å². The molecule has 1 atom stereocenters. The Morgan fingerprint density at radius 2 is 1.57 bits per heavy atom. The van der Waals surface area contributed by atoms with Gasteiger partial charge in [0.2, 0.25) is 0 Å². The smallest absolute Gasteiger partial charge is 0.137 e. The second-order valence-corrected chi connectivity index (χ2v) is 15.3. The van der Waals surface area contributed by atoms with E-state index in [1.165, 1.54) is 64.3 Å². The third kappa shape index (κ3) is 6.82. The summed E-state index contributed by atoms with van der Waals surface area (Å²) >= 11 is 0. The second kappa shape index (κ2) is 13.9. The molecule has 0 fully saturated rings. The van der Waals surface area contributed by atoms with Gasteiger partial charge in [0.1, 0.15) is 17.3 Å². The van der Waals surface area contributed by atoms with Crippen LogP contribution in [0.15, 0.2) is 103 Å². The quantitative estimate of drug-likeness (QED) is 0.136. The van der Waals surface area contributed by atoms with Crippen LogP contribution in [0.25, 0.3) is 44.4 Å². The van der Waals surface area contributed by atoms with Crippen LogP contribution in [0, 0.1) is 20.8 Å². The molecular weight excluding hydrogens is 625 g/mol. The van der Waals surface area contributed by atoms with Crippen molar-refractivity contribution in [3.05, 3.63) is 131 Å². The maximum Gasteiger partial charge on any atom is 0.137 e. The summed E-state index contributed by atoms with van der Waals surface area (Å²) in [6.07, 6.45) is 6.89. The summed E-state index contributed by atoms with van der Waals surface area (Å²) in [5.74, 6) is 2.98. The van der Waals surface area contributed by atoms with Crippen LogP contribution < -0.4 is 4.74 Å². The number of pyridine rings is 1. The molecule has 5 nitrogen and oxygen atoms in total. The Bertz CT molecular complexity index is 2340. The summed E-state index contributed by atoms with van der Waals surface area (Å²) in [5.41, 5.74) is 11.3. The summed E-state index contributed by atoms with van der Waals surface area (Å²) in [7, 11) is 0. The van der Waals surface area contributed by atoms with Gasteiger partial charge in [0.25, 0.3) is 0 Å². The fourth-order valence-electron chi connectivity index (χ4n) is 7.40. The zero-order valence-electron chi connectivity index (χ0n) is 31.4. The molecule has 0 N–H and O–H groups in total. The summed E-state index contributed by atoms with van der Waals surface area (Å²) < 4.78 is 11.1. The van der Waals surface area contributed by atoms with E-state index < -0.39 is 0 Å². The number of benzene rings is 4. The molecule has 7 rings (SSSR count). The van der Waals surface area contributed by atoms with E-state index in [2.05, 4.69) is 156 Å². The molecule has 7 aromatic rings. The van der Waals surface area contributed by atoms with Crippen LogP contribution in [-0.4, -0.2) is 19.3 Å². The second-order valence-electron chi connectivity index (χ2n) is 15.3. The van der Waals surface area contributed by atoms with E-state index in [1.54, 1.807) is 0 Å². The van der Waals surface area contributed by atoms with Gasteiger partial charge < -0.3 is 4.74 Å². The Hall–Kier alpha value is -5.16. The number of nitrogens with zero attached hydrogens (tertiary/aromatic N) is 4. The molecular formula is C46H50N4O. The molecule has 0 aliphatic heterocycles. The van der Waals surface area contributed by atoms with E-state index in [-0.39, 0.29) is 5.41 Å². The predicted octanol–water partition coefficient (Wildman–Crippen LogP) is 12.7. The highest BCUT2D eigenvalue weighted by atomic mass is 16.5. The van der Waals surface area contributed by atoms with Crippen LogP contribution in [0.3, 0.4) is 0 Å². The van der Waals surface area contributed by atoms with Crippen molar-refractivity contribution < 1.29 is 4.74 Å². The molecule has 0 saturated heterocycles. The summed E-state index contributed by atoms with van der Waals surface area (Å²) in [5, 5.41) is 7.48. The van der Waals surface area contributed by atoms with Gasteiger partial charge in [0.15, 0.2) is 0 Å². The lowest BCUT2D eigenvalue weighted by Gasteiger charge is -2.22. The molecule has 5 heteroatoms. The normalized spacial score (nSPS) is 12.5. The molecule has 3 aromatic heterocycles. The lowest BCUT2D eigenvalue weighted by molar-refractivity contribution is 0.478. The van der Waals surface area contributed by atoms with Crippen molar-refractivity contribution in [3.63, 3.8) is 0 Å². The van der Waals surface area contributed by atoms with Crippen molar-refractivity contribution in [3.8, 4) is 34.1 Å². The van der Waals surface area contributed by atoms with Crippen molar-refractivity contribution in [2.45, 2.75) is 92.4 Å². The van der Waals surface area contributed by atoms with Gasteiger partial charge in [-0.25, -0.2) is 9.67 Å². The number of aryl methyl sites for hydroxylation is 2. The van der Waals surface area contributed by atoms with Crippen LogP contribution >= 0.6 is 0 Å². The third-order valence-corrected chi connectivity index (χ3v) is 10.3. The molecule has 3 heterocycles. The van der Waals surface area contributed by atoms with E-state index >= 15 is 0 Å². The van der Waals surface area contributed by atoms with Gasteiger partial charge in [-0.15, -0.1) is 0 Å². The highest BCUT2D eigenvalue weighted by Gasteiger charge is 2.21. The molecule has 4 aromatic carbocycles. The number of rotatable bonds is 10. The molecule has 0 aliphatic rings. The largest absolute Gasteiger partial charge is 0.457 e. The minimum Gasteiger partial charge on any atom is -0.457 e. The summed E-state index contributed by atoms with van der Waals surface area (Å²) in [4.78, 5) is 4.84. The number of fused-ring (bicyclic) bond motifs is 3. The standard InChI is InChI=1S/C46H50N4O/c1-9-10-12-15-31(3)35-18-21-42-41(25-35)40-20-19-38(29-43(40)49(42)44-24-30(2)22-23-47-44)51-39-27-36(46(6,7)8)26-37(28-39)50-33(5)45(32(4)48-50)34-16-13-11-14-17-34/h11,13-14,16-29,31H,9-10,12,15H2,1-8H3. The lowest BCUT2D eigenvalue weighted by atomic mass is 9.86. The number of unbranched alkanes of at least 4 members (excludes halogenated alkanes) is 2. The van der Waals surface area contributed by atoms with Crippen LogP contribution in [0.5, 0.6) is 11.5 Å². The number of ether oxygens (including phenoxy) is 1. The Kier molecular flexibility index (Phi) is 9.32. The molecule has 0 aliphatic carbocycles. The number of aromatic nitrogens is 4. The zero-order chi connectivity index (χ0) is 35.9. The summed E-state index contributed by atoms with van der Waals surface area (Å²) in [6.45, 7) is 17.7. The van der Waals surface area contributed by atoms with E-state index in [4.69, 9.17) is 14.8 Å². The highest BCUT2D eigenvalue weighted by molar-refractivity contribution is 6.09. The van der Waals surface area contributed by atoms with Gasteiger partial charge in [-0.3, -0.25) is 4.57 Å². The van der Waals surface area contributed by atoms with E-state index in [0.717, 1.165) is 45.4 Å². The van der Waals surface area contributed by atoms with Gasteiger partial charge in [-0.1, -0.05) is 90.3 Å². The monoisotopic (exact) mass is 674 g/mol. The molecule has 51 heavy (non-hydrogen) atoms. The first-order chi connectivity index (χ1) is 24.5. The van der Waals surface area contributed by atoms with Crippen molar-refractivity contribution >= 4 is 21.8 Å². The van der Waals surface area contributed by atoms with Gasteiger partial charge in [-0.05, 0) is 109 Å². The van der Waals surface area contributed by atoms with Crippen molar-refractivity contribution in [1.82, 2.24) is 19.3 Å². The first-order valence-electron chi connectivity index (χ1n) is 18.5. The van der Waals surface area contributed by atoms with Crippen molar-refractivity contribution in [2.75, 3.05) is 0 Å². The molecule has 1 unspecified atom stereocenters. The fourth-order valence-corrected chi connectivity index (χ4v) is 7.40. The van der Waals surface area contributed by atoms with Crippen molar-refractivity contribution in [2.24, 2.45) is 0 Å². The molecule has 260 valence electrons. The topological polar surface area (TPSA) is 44.9 Å². The first kappa shape index (κ1) is 34.3. The van der Waals surface area contributed by atoms with Gasteiger partial charge in [0.05, 0.1) is 22.4 Å². The number of hydrogen-bond donors (Lipinski definition) is 0. The Morgan fingerprint density at radius 3 is 2.31 bits per heavy atom. The van der Waals surface area contributed by atoms with E-state index in [0.29, 0.717) is 5.92 Å². The minimum atomic E-state index is -0.0922. The molecule has 0 amide bonds. The SMILES string of the molecule is CCCCCC(C)c1ccc2c(c1)c1ccc(Oc3cc(-n4nc(C)c(-c5ccccc5)c4C)cc(C(C)(C)C)c3)cc1n2-c1cc(C)ccn1. The van der Waals surface area contributed by atoms with Crippen LogP contribution in [-0.2, 0) is 5.41 Å².